The first-order valence-corrected chi connectivity index (χ1v) is 3.82. The molecule has 0 saturated heterocycles. The van der Waals surface area contributed by atoms with Gasteiger partial charge in [0, 0.05) is 19.4 Å². The predicted molar refractivity (Wildman–Crippen MR) is 37.7 cm³/mol. The van der Waals surface area contributed by atoms with E-state index in [1.165, 1.54) is 12.2 Å². The average Bonchev–Trinajstić information content (AvgIpc) is 2.44. The van der Waals surface area contributed by atoms with Crippen LogP contribution in [0.2, 0.25) is 0 Å². The van der Waals surface area contributed by atoms with E-state index in [0.29, 0.717) is 0 Å². The van der Waals surface area contributed by atoms with Gasteiger partial charge >= 0.3 is 0 Å². The maximum Gasteiger partial charge on any atom is 0.133 e. The Balaban J connectivity index is 2.44. The number of aromatic nitrogens is 3. The van der Waals surface area contributed by atoms with Crippen molar-refractivity contribution in [3.63, 3.8) is 0 Å². The Labute approximate surface area is 60.1 Å². The number of fused-ring (bicyclic) bond motifs is 1. The summed E-state index contributed by atoms with van der Waals surface area (Å²) >= 11 is 0. The zero-order chi connectivity index (χ0) is 6.97. The second kappa shape index (κ2) is 2.08. The molecule has 1 aromatic rings. The highest BCUT2D eigenvalue weighted by Gasteiger charge is 2.15. The van der Waals surface area contributed by atoms with Gasteiger partial charge in [0.05, 0.1) is 0 Å². The van der Waals surface area contributed by atoms with Crippen LogP contribution in [-0.2, 0) is 19.4 Å². The van der Waals surface area contributed by atoms with Crippen molar-refractivity contribution in [3.05, 3.63) is 11.6 Å². The molecule has 0 fully saturated rings. The lowest BCUT2D eigenvalue weighted by atomic mass is 10.4. The van der Waals surface area contributed by atoms with Crippen molar-refractivity contribution in [1.29, 1.82) is 0 Å². The molecule has 0 aromatic carbocycles. The first kappa shape index (κ1) is 5.89. The third-order valence-corrected chi connectivity index (χ3v) is 2.00. The van der Waals surface area contributed by atoms with Crippen LogP contribution in [0.5, 0.6) is 0 Å². The molecular formula is C7H11N3. The zero-order valence-corrected chi connectivity index (χ0v) is 6.17. The molecule has 0 aliphatic carbocycles. The molecule has 10 heavy (non-hydrogen) atoms. The van der Waals surface area contributed by atoms with Crippen molar-refractivity contribution in [2.75, 3.05) is 0 Å². The van der Waals surface area contributed by atoms with E-state index in [0.717, 1.165) is 25.2 Å². The number of hydrogen-bond donors (Lipinski definition) is 0. The Bertz CT molecular complexity index is 239. The van der Waals surface area contributed by atoms with Gasteiger partial charge in [-0.3, -0.25) is 0 Å². The molecule has 0 amide bonds. The predicted octanol–water partition coefficient (Wildman–Crippen LogP) is 0.787. The van der Waals surface area contributed by atoms with Gasteiger partial charge in [0.2, 0.25) is 0 Å². The molecule has 0 unspecified atom stereocenters. The van der Waals surface area contributed by atoms with E-state index in [2.05, 4.69) is 21.7 Å². The first-order valence-electron chi connectivity index (χ1n) is 3.82. The molecular weight excluding hydrogens is 126 g/mol. The van der Waals surface area contributed by atoms with Crippen LogP contribution in [0.4, 0.5) is 0 Å². The fourth-order valence-corrected chi connectivity index (χ4v) is 1.47. The summed E-state index contributed by atoms with van der Waals surface area (Å²) in [4.78, 5) is 0. The van der Waals surface area contributed by atoms with Crippen molar-refractivity contribution in [1.82, 2.24) is 14.8 Å². The van der Waals surface area contributed by atoms with E-state index in [9.17, 15) is 0 Å². The Hall–Kier alpha value is -0.860. The van der Waals surface area contributed by atoms with Crippen molar-refractivity contribution < 1.29 is 0 Å². The molecule has 2 heterocycles. The fourth-order valence-electron chi connectivity index (χ4n) is 1.47. The molecule has 3 nitrogen and oxygen atoms in total. The maximum absolute atomic E-state index is 4.08. The number of hydrogen-bond acceptors (Lipinski definition) is 2. The standard InChI is InChI=1S/C7H11N3/c1-2-6-8-9-7-4-3-5-10(6)7/h2-5H2,1H3. The molecule has 0 atom stereocenters. The summed E-state index contributed by atoms with van der Waals surface area (Å²) in [5.74, 6) is 2.32. The Kier molecular flexibility index (Phi) is 1.22. The van der Waals surface area contributed by atoms with E-state index < -0.39 is 0 Å². The molecule has 0 bridgehead atoms. The van der Waals surface area contributed by atoms with Gasteiger partial charge in [0.1, 0.15) is 11.6 Å². The molecule has 0 radical (unpaired) electrons. The second-order valence-corrected chi connectivity index (χ2v) is 2.64. The van der Waals surface area contributed by atoms with Crippen LogP contribution in [0.25, 0.3) is 0 Å². The van der Waals surface area contributed by atoms with Crippen LogP contribution in [0.3, 0.4) is 0 Å². The highest BCUT2D eigenvalue weighted by molar-refractivity contribution is 4.99. The Morgan fingerprint density at radius 3 is 3.20 bits per heavy atom. The van der Waals surface area contributed by atoms with Crippen molar-refractivity contribution in [2.45, 2.75) is 32.7 Å². The fraction of sp³-hybridized carbons (Fsp3) is 0.714. The third-order valence-electron chi connectivity index (χ3n) is 2.00. The van der Waals surface area contributed by atoms with E-state index in [-0.39, 0.29) is 0 Å². The van der Waals surface area contributed by atoms with Gasteiger partial charge in [0.15, 0.2) is 0 Å². The molecule has 2 rings (SSSR count). The SMILES string of the molecule is CCc1nnc2n1CCC2. The number of rotatable bonds is 1. The van der Waals surface area contributed by atoms with E-state index in [1.54, 1.807) is 0 Å². The van der Waals surface area contributed by atoms with E-state index in [4.69, 9.17) is 0 Å². The highest BCUT2D eigenvalue weighted by Crippen LogP contribution is 2.13. The minimum Gasteiger partial charge on any atom is -0.315 e. The van der Waals surface area contributed by atoms with Crippen molar-refractivity contribution >= 4 is 0 Å². The van der Waals surface area contributed by atoms with Crippen LogP contribution in [0, 0.1) is 0 Å². The lowest BCUT2D eigenvalue weighted by molar-refractivity contribution is 0.693. The molecule has 1 aliphatic rings. The van der Waals surface area contributed by atoms with E-state index in [1.807, 2.05) is 0 Å². The van der Waals surface area contributed by atoms with Gasteiger partial charge in [-0.1, -0.05) is 6.92 Å². The third kappa shape index (κ3) is 0.664. The zero-order valence-electron chi connectivity index (χ0n) is 6.17. The van der Waals surface area contributed by atoms with Crippen LogP contribution < -0.4 is 0 Å². The average molecular weight is 137 g/mol. The van der Waals surface area contributed by atoms with Crippen LogP contribution >= 0.6 is 0 Å². The smallest absolute Gasteiger partial charge is 0.133 e. The lowest BCUT2D eigenvalue weighted by Gasteiger charge is -1.96. The molecule has 0 spiro atoms. The van der Waals surface area contributed by atoms with Gasteiger partial charge < -0.3 is 4.57 Å². The second-order valence-electron chi connectivity index (χ2n) is 2.64. The molecule has 0 N–H and O–H groups in total. The van der Waals surface area contributed by atoms with Gasteiger partial charge in [-0.15, -0.1) is 10.2 Å². The molecule has 3 heteroatoms. The summed E-state index contributed by atoms with van der Waals surface area (Å²) in [6.07, 6.45) is 3.37. The summed E-state index contributed by atoms with van der Waals surface area (Å²) in [5.41, 5.74) is 0. The minimum atomic E-state index is 1.01. The molecule has 1 aromatic heterocycles. The maximum atomic E-state index is 4.08. The Morgan fingerprint density at radius 1 is 1.50 bits per heavy atom. The van der Waals surface area contributed by atoms with Crippen LogP contribution in [0.1, 0.15) is 25.0 Å². The first-order chi connectivity index (χ1) is 4.92. The molecule has 0 saturated carbocycles. The lowest BCUT2D eigenvalue weighted by Crippen LogP contribution is -1.98. The normalized spacial score (nSPS) is 15.7. The largest absolute Gasteiger partial charge is 0.315 e. The summed E-state index contributed by atoms with van der Waals surface area (Å²) in [6.45, 7) is 3.25. The minimum absolute atomic E-state index is 1.01. The summed E-state index contributed by atoms with van der Waals surface area (Å²) < 4.78 is 2.24. The summed E-state index contributed by atoms with van der Waals surface area (Å²) in [5, 5.41) is 8.15. The Morgan fingerprint density at radius 2 is 2.40 bits per heavy atom. The van der Waals surface area contributed by atoms with E-state index >= 15 is 0 Å². The molecule has 54 valence electrons. The van der Waals surface area contributed by atoms with Crippen molar-refractivity contribution in [2.24, 2.45) is 0 Å². The van der Waals surface area contributed by atoms with Crippen LogP contribution in [-0.4, -0.2) is 14.8 Å². The quantitative estimate of drug-likeness (QED) is 0.573. The number of nitrogens with zero attached hydrogens (tertiary/aromatic N) is 3. The van der Waals surface area contributed by atoms with Crippen LogP contribution in [0.15, 0.2) is 0 Å². The van der Waals surface area contributed by atoms with Gasteiger partial charge in [0.25, 0.3) is 0 Å². The van der Waals surface area contributed by atoms with Gasteiger partial charge in [-0.2, -0.15) is 0 Å². The van der Waals surface area contributed by atoms with Crippen molar-refractivity contribution in [3.8, 4) is 0 Å². The monoisotopic (exact) mass is 137 g/mol. The number of aryl methyl sites for hydroxylation is 2. The van der Waals surface area contributed by atoms with Gasteiger partial charge in [-0.05, 0) is 6.42 Å². The summed E-state index contributed by atoms with van der Waals surface area (Å²) in [6, 6.07) is 0. The highest BCUT2D eigenvalue weighted by atomic mass is 15.3. The topological polar surface area (TPSA) is 30.7 Å². The summed E-state index contributed by atoms with van der Waals surface area (Å²) in [7, 11) is 0. The molecule has 1 aliphatic heterocycles. The van der Waals surface area contributed by atoms with Gasteiger partial charge in [-0.25, -0.2) is 0 Å².